The van der Waals surface area contributed by atoms with Crippen LogP contribution in [0.3, 0.4) is 0 Å². The second-order valence-electron chi connectivity index (χ2n) is 5.17. The van der Waals surface area contributed by atoms with Crippen molar-refractivity contribution in [2.75, 3.05) is 0 Å². The Morgan fingerprint density at radius 1 is 1.14 bits per heavy atom. The van der Waals surface area contributed by atoms with Crippen LogP contribution in [0.1, 0.15) is 13.8 Å². The van der Waals surface area contributed by atoms with E-state index in [9.17, 15) is 4.79 Å². The number of H-pyrrole nitrogens is 1. The largest absolute Gasteiger partial charge is 0.491 e. The van der Waals surface area contributed by atoms with E-state index in [1.165, 1.54) is 11.3 Å². The van der Waals surface area contributed by atoms with Gasteiger partial charge < -0.3 is 9.72 Å². The van der Waals surface area contributed by atoms with E-state index in [-0.39, 0.29) is 11.5 Å². The van der Waals surface area contributed by atoms with Crippen LogP contribution in [0, 0.1) is 0 Å². The van der Waals surface area contributed by atoms with E-state index in [2.05, 4.69) is 9.97 Å². The number of aromatic amines is 1. The maximum absolute atomic E-state index is 11.9. The number of thiazole rings is 1. The quantitative estimate of drug-likeness (QED) is 0.793. The molecule has 4 nitrogen and oxygen atoms in total. The molecule has 0 atom stereocenters. The Kier molecular flexibility index (Phi) is 4.06. The zero-order valence-corrected chi connectivity index (χ0v) is 13.2. The van der Waals surface area contributed by atoms with Gasteiger partial charge in [0.2, 0.25) is 0 Å². The third-order valence-corrected chi connectivity index (χ3v) is 3.85. The minimum atomic E-state index is -0.0403. The van der Waals surface area contributed by atoms with Crippen molar-refractivity contribution in [2.45, 2.75) is 20.0 Å². The molecule has 3 rings (SSSR count). The van der Waals surface area contributed by atoms with Crippen molar-refractivity contribution in [1.29, 1.82) is 0 Å². The number of aromatic nitrogens is 2. The predicted octanol–water partition coefficient (Wildman–Crippen LogP) is 3.95. The van der Waals surface area contributed by atoms with Crippen molar-refractivity contribution < 1.29 is 4.74 Å². The zero-order valence-electron chi connectivity index (χ0n) is 12.4. The van der Waals surface area contributed by atoms with Crippen LogP contribution in [0.5, 0.6) is 5.75 Å². The van der Waals surface area contributed by atoms with Crippen LogP contribution in [0.25, 0.3) is 22.0 Å². The van der Waals surface area contributed by atoms with Gasteiger partial charge in [-0.15, -0.1) is 11.3 Å². The molecule has 22 heavy (non-hydrogen) atoms. The first-order valence-electron chi connectivity index (χ1n) is 7.03. The molecule has 2 heterocycles. The Bertz CT molecular complexity index is 805. The van der Waals surface area contributed by atoms with Gasteiger partial charge in [-0.2, -0.15) is 0 Å². The van der Waals surface area contributed by atoms with E-state index >= 15 is 0 Å². The Morgan fingerprint density at radius 2 is 1.86 bits per heavy atom. The molecular formula is C17H16N2O2S. The molecule has 0 aliphatic rings. The van der Waals surface area contributed by atoms with Crippen LogP contribution < -0.4 is 10.2 Å². The Labute approximate surface area is 132 Å². The summed E-state index contributed by atoms with van der Waals surface area (Å²) in [5.74, 6) is 0.817. The van der Waals surface area contributed by atoms with Crippen molar-refractivity contribution in [1.82, 2.24) is 9.97 Å². The number of nitrogens with one attached hydrogen (secondary N) is 1. The maximum Gasteiger partial charge on any atom is 0.182 e. The first kappa shape index (κ1) is 14.5. The standard InChI is InChI=1S/C17H16N2O2S/c1-11(2)21-14-5-3-12(4-6-14)15-9-13(20)10-16(19-15)17-18-7-8-22-17/h3-11H,1-2H3,(H,19,20). The van der Waals surface area contributed by atoms with Crippen LogP contribution in [-0.2, 0) is 0 Å². The van der Waals surface area contributed by atoms with Gasteiger partial charge in [0.05, 0.1) is 11.8 Å². The van der Waals surface area contributed by atoms with E-state index in [1.54, 1.807) is 18.3 Å². The Hall–Kier alpha value is -2.40. The van der Waals surface area contributed by atoms with Gasteiger partial charge in [-0.05, 0) is 43.7 Å². The van der Waals surface area contributed by atoms with Gasteiger partial charge in [0.1, 0.15) is 10.8 Å². The monoisotopic (exact) mass is 312 g/mol. The minimum Gasteiger partial charge on any atom is -0.491 e. The van der Waals surface area contributed by atoms with Crippen LogP contribution in [0.4, 0.5) is 0 Å². The lowest BCUT2D eigenvalue weighted by atomic mass is 10.1. The second kappa shape index (κ2) is 6.15. The molecule has 0 bridgehead atoms. The lowest BCUT2D eigenvalue weighted by Gasteiger charge is -2.10. The number of benzene rings is 1. The van der Waals surface area contributed by atoms with E-state index in [0.29, 0.717) is 0 Å². The van der Waals surface area contributed by atoms with Gasteiger partial charge in [-0.1, -0.05) is 0 Å². The molecule has 5 heteroatoms. The van der Waals surface area contributed by atoms with Crippen molar-refractivity contribution >= 4 is 11.3 Å². The molecule has 3 aromatic rings. The molecule has 0 aliphatic heterocycles. The summed E-state index contributed by atoms with van der Waals surface area (Å²) in [6.45, 7) is 3.98. The van der Waals surface area contributed by atoms with Crippen molar-refractivity contribution in [3.63, 3.8) is 0 Å². The highest BCUT2D eigenvalue weighted by Gasteiger charge is 2.06. The average Bonchev–Trinajstić information content (AvgIpc) is 3.01. The summed E-state index contributed by atoms with van der Waals surface area (Å²) in [5, 5.41) is 2.69. The van der Waals surface area contributed by atoms with Crippen molar-refractivity contribution in [3.8, 4) is 27.7 Å². The zero-order chi connectivity index (χ0) is 15.5. The molecule has 1 aromatic carbocycles. The normalized spacial score (nSPS) is 10.9. The van der Waals surface area contributed by atoms with Crippen LogP contribution >= 0.6 is 11.3 Å². The van der Waals surface area contributed by atoms with Crippen molar-refractivity contribution in [3.05, 3.63) is 58.2 Å². The van der Waals surface area contributed by atoms with Gasteiger partial charge in [-0.3, -0.25) is 4.79 Å². The molecule has 2 aromatic heterocycles. The summed E-state index contributed by atoms with van der Waals surface area (Å²) in [6, 6.07) is 10.9. The number of hydrogen-bond acceptors (Lipinski definition) is 4. The molecule has 0 aliphatic carbocycles. The maximum atomic E-state index is 11.9. The SMILES string of the molecule is CC(C)Oc1ccc(-c2cc(=O)cc(-c3nccs3)[nH]2)cc1. The van der Waals surface area contributed by atoms with Gasteiger partial charge >= 0.3 is 0 Å². The summed E-state index contributed by atoms with van der Waals surface area (Å²) < 4.78 is 5.63. The van der Waals surface area contributed by atoms with Crippen LogP contribution in [-0.4, -0.2) is 16.1 Å². The Balaban J connectivity index is 1.96. The van der Waals surface area contributed by atoms with Crippen LogP contribution in [0.15, 0.2) is 52.8 Å². The summed E-state index contributed by atoms with van der Waals surface area (Å²) in [5.41, 5.74) is 2.40. The highest BCUT2D eigenvalue weighted by Crippen LogP contribution is 2.24. The molecule has 0 saturated carbocycles. The summed E-state index contributed by atoms with van der Waals surface area (Å²) >= 11 is 1.50. The lowest BCUT2D eigenvalue weighted by molar-refractivity contribution is 0.242. The fourth-order valence-electron chi connectivity index (χ4n) is 2.16. The summed E-state index contributed by atoms with van der Waals surface area (Å²) in [7, 11) is 0. The van der Waals surface area contributed by atoms with Gasteiger partial charge in [0.25, 0.3) is 0 Å². The van der Waals surface area contributed by atoms with Crippen molar-refractivity contribution in [2.24, 2.45) is 0 Å². The molecule has 0 radical (unpaired) electrons. The average molecular weight is 312 g/mol. The van der Waals surface area contributed by atoms with E-state index in [0.717, 1.165) is 27.7 Å². The van der Waals surface area contributed by atoms with Gasteiger partial charge in [0.15, 0.2) is 5.43 Å². The number of nitrogens with zero attached hydrogens (tertiary/aromatic N) is 1. The van der Waals surface area contributed by atoms with E-state index in [1.807, 2.05) is 43.5 Å². The molecule has 0 spiro atoms. The lowest BCUT2D eigenvalue weighted by Crippen LogP contribution is -2.05. The predicted molar refractivity (Wildman–Crippen MR) is 89.4 cm³/mol. The topological polar surface area (TPSA) is 55.0 Å². The first-order valence-corrected chi connectivity index (χ1v) is 7.91. The second-order valence-corrected chi connectivity index (χ2v) is 6.07. The number of rotatable bonds is 4. The van der Waals surface area contributed by atoms with Gasteiger partial charge in [-0.25, -0.2) is 4.98 Å². The first-order chi connectivity index (χ1) is 10.6. The Morgan fingerprint density at radius 3 is 2.50 bits per heavy atom. The molecule has 0 saturated heterocycles. The molecule has 1 N–H and O–H groups in total. The molecule has 0 unspecified atom stereocenters. The third kappa shape index (κ3) is 3.26. The number of hydrogen-bond donors (Lipinski definition) is 1. The minimum absolute atomic E-state index is 0.0403. The van der Waals surface area contributed by atoms with E-state index < -0.39 is 0 Å². The molecule has 0 amide bonds. The van der Waals surface area contributed by atoms with Gasteiger partial charge in [0, 0.05) is 29.4 Å². The summed E-state index contributed by atoms with van der Waals surface area (Å²) in [4.78, 5) is 19.4. The number of pyridine rings is 1. The number of ether oxygens (including phenoxy) is 1. The summed E-state index contributed by atoms with van der Waals surface area (Å²) in [6.07, 6.45) is 1.86. The van der Waals surface area contributed by atoms with E-state index in [4.69, 9.17) is 4.74 Å². The highest BCUT2D eigenvalue weighted by atomic mass is 32.1. The fourth-order valence-corrected chi connectivity index (χ4v) is 2.77. The molecular weight excluding hydrogens is 296 g/mol. The molecule has 112 valence electrons. The highest BCUT2D eigenvalue weighted by molar-refractivity contribution is 7.13. The van der Waals surface area contributed by atoms with Crippen LogP contribution in [0.2, 0.25) is 0 Å². The fraction of sp³-hybridized carbons (Fsp3) is 0.176. The third-order valence-electron chi connectivity index (χ3n) is 3.04. The molecule has 0 fully saturated rings. The smallest absolute Gasteiger partial charge is 0.182 e.